The normalized spacial score (nSPS) is 12.2. The molecule has 0 radical (unpaired) electrons. The Kier molecular flexibility index (Phi) is 4.77. The van der Waals surface area contributed by atoms with E-state index >= 15 is 0 Å². The molecule has 4 heteroatoms. The monoisotopic (exact) mass is 241 g/mol. The number of nitrogens with zero attached hydrogens (tertiary/aromatic N) is 1. The molecule has 0 heterocycles. The maximum absolute atomic E-state index is 10.9. The summed E-state index contributed by atoms with van der Waals surface area (Å²) in [5.41, 5.74) is 1.40. The molecule has 0 saturated carbocycles. The van der Waals surface area contributed by atoms with Crippen LogP contribution >= 0.6 is 11.6 Å². The summed E-state index contributed by atoms with van der Waals surface area (Å²) >= 11 is 5.89. The fraction of sp³-hybridized carbons (Fsp3) is 0.417. The van der Waals surface area contributed by atoms with E-state index in [1.54, 1.807) is 25.1 Å². The predicted molar refractivity (Wildman–Crippen MR) is 66.4 cm³/mol. The molecule has 1 aromatic rings. The summed E-state index contributed by atoms with van der Waals surface area (Å²) < 4.78 is 0. The molecule has 0 amide bonds. The molecule has 0 saturated heterocycles. The second-order valence-corrected chi connectivity index (χ2v) is 4.32. The Morgan fingerprint density at radius 3 is 2.81 bits per heavy atom. The van der Waals surface area contributed by atoms with Gasteiger partial charge in [-0.3, -0.25) is 4.79 Å². The number of halogens is 1. The summed E-state index contributed by atoms with van der Waals surface area (Å²) in [6.45, 7) is 2.42. The summed E-state index contributed by atoms with van der Waals surface area (Å²) in [5, 5.41) is 9.81. The number of carbonyl (C=O) groups is 1. The summed E-state index contributed by atoms with van der Waals surface area (Å²) in [7, 11) is 1.88. The molecular formula is C12H16ClNO2. The number of carbonyl (C=O) groups excluding carboxylic acids is 1. The van der Waals surface area contributed by atoms with Crippen LogP contribution in [0.3, 0.4) is 0 Å². The van der Waals surface area contributed by atoms with Crippen LogP contribution < -0.4 is 4.90 Å². The van der Waals surface area contributed by atoms with Gasteiger partial charge in [0.05, 0.1) is 6.10 Å². The lowest BCUT2D eigenvalue weighted by Crippen LogP contribution is -2.22. The minimum absolute atomic E-state index is 0.346. The molecule has 1 unspecified atom stereocenters. The summed E-state index contributed by atoms with van der Waals surface area (Å²) in [6.07, 6.45) is 1.12. The van der Waals surface area contributed by atoms with Gasteiger partial charge in [-0.15, -0.1) is 0 Å². The van der Waals surface area contributed by atoms with E-state index in [1.807, 2.05) is 11.9 Å². The first kappa shape index (κ1) is 13.0. The van der Waals surface area contributed by atoms with Gasteiger partial charge in [0.25, 0.3) is 0 Å². The zero-order valence-corrected chi connectivity index (χ0v) is 10.2. The molecule has 1 atom stereocenters. The topological polar surface area (TPSA) is 40.5 Å². The van der Waals surface area contributed by atoms with Gasteiger partial charge < -0.3 is 10.0 Å². The lowest BCUT2D eigenvalue weighted by Gasteiger charge is -2.21. The molecule has 0 bridgehead atoms. The SMILES string of the molecule is CC(O)CCN(C)c1cc(Cl)ccc1C=O. The Balaban J connectivity index is 2.84. The minimum Gasteiger partial charge on any atom is -0.393 e. The number of hydrogen-bond acceptors (Lipinski definition) is 3. The third-order valence-electron chi connectivity index (χ3n) is 2.41. The molecule has 1 rings (SSSR count). The average Bonchev–Trinajstić information content (AvgIpc) is 2.25. The van der Waals surface area contributed by atoms with Gasteiger partial charge in [0, 0.05) is 29.9 Å². The first-order valence-corrected chi connectivity index (χ1v) is 5.56. The van der Waals surface area contributed by atoms with Crippen molar-refractivity contribution in [2.45, 2.75) is 19.4 Å². The van der Waals surface area contributed by atoms with Gasteiger partial charge in [-0.1, -0.05) is 11.6 Å². The van der Waals surface area contributed by atoms with E-state index in [0.717, 1.165) is 12.0 Å². The fourth-order valence-corrected chi connectivity index (χ4v) is 1.61. The van der Waals surface area contributed by atoms with E-state index in [-0.39, 0.29) is 6.10 Å². The first-order chi connectivity index (χ1) is 7.54. The molecule has 0 spiro atoms. The quantitative estimate of drug-likeness (QED) is 0.805. The van der Waals surface area contributed by atoms with Crippen LogP contribution in [0, 0.1) is 0 Å². The fourth-order valence-electron chi connectivity index (χ4n) is 1.45. The molecule has 16 heavy (non-hydrogen) atoms. The maximum atomic E-state index is 10.9. The molecule has 0 aliphatic heterocycles. The van der Waals surface area contributed by atoms with Crippen molar-refractivity contribution in [2.75, 3.05) is 18.5 Å². The number of rotatable bonds is 5. The Bertz CT molecular complexity index is 366. The second kappa shape index (κ2) is 5.87. The second-order valence-electron chi connectivity index (χ2n) is 3.88. The number of aldehydes is 1. The lowest BCUT2D eigenvalue weighted by atomic mass is 10.1. The van der Waals surface area contributed by atoms with E-state index in [0.29, 0.717) is 23.6 Å². The molecule has 0 aliphatic rings. The van der Waals surface area contributed by atoms with Crippen molar-refractivity contribution in [3.8, 4) is 0 Å². The molecule has 1 N–H and O–H groups in total. The number of hydrogen-bond donors (Lipinski definition) is 1. The van der Waals surface area contributed by atoms with E-state index in [1.165, 1.54) is 0 Å². The zero-order valence-electron chi connectivity index (χ0n) is 9.48. The van der Waals surface area contributed by atoms with Crippen LogP contribution in [0.25, 0.3) is 0 Å². The number of aliphatic hydroxyl groups is 1. The van der Waals surface area contributed by atoms with Gasteiger partial charge in [0.1, 0.15) is 0 Å². The van der Waals surface area contributed by atoms with Gasteiger partial charge >= 0.3 is 0 Å². The minimum atomic E-state index is -0.346. The highest BCUT2D eigenvalue weighted by molar-refractivity contribution is 6.31. The van der Waals surface area contributed by atoms with Gasteiger partial charge in [-0.05, 0) is 31.5 Å². The van der Waals surface area contributed by atoms with Crippen LogP contribution in [0.5, 0.6) is 0 Å². The van der Waals surface area contributed by atoms with Gasteiger partial charge in [-0.2, -0.15) is 0 Å². The lowest BCUT2D eigenvalue weighted by molar-refractivity contribution is 0.112. The Morgan fingerprint density at radius 1 is 1.56 bits per heavy atom. The van der Waals surface area contributed by atoms with Crippen LogP contribution in [-0.2, 0) is 0 Å². The zero-order chi connectivity index (χ0) is 12.1. The van der Waals surface area contributed by atoms with Crippen LogP contribution in [0.4, 0.5) is 5.69 Å². The Hall–Kier alpha value is -1.06. The van der Waals surface area contributed by atoms with Crippen molar-refractivity contribution >= 4 is 23.6 Å². The summed E-state index contributed by atoms with van der Waals surface area (Å²) in [6, 6.07) is 5.15. The van der Waals surface area contributed by atoms with Crippen LogP contribution in [-0.4, -0.2) is 31.1 Å². The van der Waals surface area contributed by atoms with Crippen molar-refractivity contribution in [3.05, 3.63) is 28.8 Å². The van der Waals surface area contributed by atoms with E-state index in [4.69, 9.17) is 11.6 Å². The maximum Gasteiger partial charge on any atom is 0.152 e. The third kappa shape index (κ3) is 3.51. The van der Waals surface area contributed by atoms with Crippen molar-refractivity contribution in [2.24, 2.45) is 0 Å². The van der Waals surface area contributed by atoms with E-state index in [2.05, 4.69) is 0 Å². The van der Waals surface area contributed by atoms with E-state index < -0.39 is 0 Å². The van der Waals surface area contributed by atoms with Crippen molar-refractivity contribution < 1.29 is 9.90 Å². The molecule has 0 aromatic heterocycles. The molecule has 0 fully saturated rings. The number of aliphatic hydroxyl groups excluding tert-OH is 1. The highest BCUT2D eigenvalue weighted by Gasteiger charge is 2.08. The van der Waals surface area contributed by atoms with Gasteiger partial charge in [-0.25, -0.2) is 0 Å². The molecule has 3 nitrogen and oxygen atoms in total. The van der Waals surface area contributed by atoms with Crippen LogP contribution in [0.15, 0.2) is 18.2 Å². The largest absolute Gasteiger partial charge is 0.393 e. The van der Waals surface area contributed by atoms with Crippen LogP contribution in [0.2, 0.25) is 5.02 Å². The van der Waals surface area contributed by atoms with Crippen molar-refractivity contribution in [3.63, 3.8) is 0 Å². The van der Waals surface area contributed by atoms with Gasteiger partial charge in [0.2, 0.25) is 0 Å². The van der Waals surface area contributed by atoms with Crippen molar-refractivity contribution in [1.29, 1.82) is 0 Å². The third-order valence-corrected chi connectivity index (χ3v) is 2.65. The predicted octanol–water partition coefficient (Wildman–Crippen LogP) is 2.36. The molecular weight excluding hydrogens is 226 g/mol. The van der Waals surface area contributed by atoms with Crippen LogP contribution in [0.1, 0.15) is 23.7 Å². The average molecular weight is 242 g/mol. The smallest absolute Gasteiger partial charge is 0.152 e. The Morgan fingerprint density at radius 2 is 2.25 bits per heavy atom. The number of anilines is 1. The molecule has 1 aromatic carbocycles. The standard InChI is InChI=1S/C12H16ClNO2/c1-9(16)5-6-14(2)12-7-11(13)4-3-10(12)8-15/h3-4,7-9,16H,5-6H2,1-2H3. The van der Waals surface area contributed by atoms with E-state index in [9.17, 15) is 9.90 Å². The molecule has 0 aliphatic carbocycles. The highest BCUT2D eigenvalue weighted by Crippen LogP contribution is 2.23. The summed E-state index contributed by atoms with van der Waals surface area (Å²) in [5.74, 6) is 0. The first-order valence-electron chi connectivity index (χ1n) is 5.18. The highest BCUT2D eigenvalue weighted by atomic mass is 35.5. The number of benzene rings is 1. The summed E-state index contributed by atoms with van der Waals surface area (Å²) in [4.78, 5) is 12.8. The van der Waals surface area contributed by atoms with Crippen molar-refractivity contribution in [1.82, 2.24) is 0 Å². The van der Waals surface area contributed by atoms with Gasteiger partial charge in [0.15, 0.2) is 6.29 Å². The Labute approximate surface area is 101 Å². The molecule has 88 valence electrons.